The van der Waals surface area contributed by atoms with Gasteiger partial charge in [-0.1, -0.05) is 0 Å². The van der Waals surface area contributed by atoms with Gasteiger partial charge in [0.2, 0.25) is 0 Å². The van der Waals surface area contributed by atoms with Crippen LogP contribution in [0.15, 0.2) is 0 Å². The smallest absolute Gasteiger partial charge is 0.408 e. The van der Waals surface area contributed by atoms with Gasteiger partial charge in [-0.3, -0.25) is 0 Å². The Morgan fingerprint density at radius 2 is 1.55 bits per heavy atom. The average molecular weight is 315 g/mol. The minimum Gasteiger partial charge on any atom is -0.458 e. The van der Waals surface area contributed by atoms with Gasteiger partial charge in [0.15, 0.2) is 0 Å². The summed E-state index contributed by atoms with van der Waals surface area (Å²) >= 11 is 0. The Morgan fingerprint density at radius 3 is 1.95 bits per heavy atom. The van der Waals surface area contributed by atoms with Crippen molar-refractivity contribution in [1.82, 2.24) is 16.2 Å². The van der Waals surface area contributed by atoms with Crippen molar-refractivity contribution in [2.45, 2.75) is 84.2 Å². The van der Waals surface area contributed by atoms with E-state index < -0.39 is 29.3 Å². The maximum absolute atomic E-state index is 12.3. The summed E-state index contributed by atoms with van der Waals surface area (Å²) in [7, 11) is 0. The minimum atomic E-state index is -0.741. The molecule has 22 heavy (non-hydrogen) atoms. The zero-order chi connectivity index (χ0) is 17.2. The van der Waals surface area contributed by atoms with Crippen LogP contribution in [0, 0.1) is 0 Å². The molecular weight excluding hydrogens is 286 g/mol. The summed E-state index contributed by atoms with van der Waals surface area (Å²) in [6.45, 7) is 12.7. The first-order valence-corrected chi connectivity index (χ1v) is 7.56. The summed E-state index contributed by atoms with van der Waals surface area (Å²) in [4.78, 5) is 24.2. The van der Waals surface area contributed by atoms with E-state index in [1.165, 1.54) is 0 Å². The lowest BCUT2D eigenvalue weighted by Gasteiger charge is -2.26. The highest BCUT2D eigenvalue weighted by Gasteiger charge is 2.38. The van der Waals surface area contributed by atoms with Crippen LogP contribution in [-0.2, 0) is 14.3 Å². The molecule has 1 fully saturated rings. The van der Waals surface area contributed by atoms with Crippen molar-refractivity contribution >= 4 is 12.1 Å². The predicted molar refractivity (Wildman–Crippen MR) is 82.9 cm³/mol. The summed E-state index contributed by atoms with van der Waals surface area (Å²) in [5, 5.41) is 2.61. The quantitative estimate of drug-likeness (QED) is 0.527. The van der Waals surface area contributed by atoms with E-state index in [0.717, 1.165) is 0 Å². The van der Waals surface area contributed by atoms with Gasteiger partial charge in [-0.15, -0.1) is 0 Å². The molecule has 1 atom stereocenters. The third kappa shape index (κ3) is 7.61. The molecule has 0 bridgehead atoms. The minimum absolute atomic E-state index is 0.185. The van der Waals surface area contributed by atoms with Crippen molar-refractivity contribution in [3.8, 4) is 0 Å². The van der Waals surface area contributed by atoms with Gasteiger partial charge in [-0.25, -0.2) is 20.4 Å². The van der Waals surface area contributed by atoms with Crippen LogP contribution in [0.3, 0.4) is 0 Å². The molecule has 0 aromatic rings. The number of hydrazine groups is 1. The fraction of sp³-hybridized carbons (Fsp3) is 0.867. The van der Waals surface area contributed by atoms with E-state index in [-0.39, 0.29) is 5.66 Å². The summed E-state index contributed by atoms with van der Waals surface area (Å²) in [5.41, 5.74) is 4.59. The van der Waals surface area contributed by atoms with Crippen molar-refractivity contribution in [3.63, 3.8) is 0 Å². The standard InChI is InChI=1S/C15H29N3O4/c1-13(2,3)21-11(19)10(8-9-15(7)17-18-15)16-12(20)22-14(4,5)6/h10,17-18H,8-9H2,1-7H3,(H,16,20). The van der Waals surface area contributed by atoms with Crippen LogP contribution in [0.2, 0.25) is 0 Å². The largest absolute Gasteiger partial charge is 0.458 e. The molecule has 0 aromatic heterocycles. The van der Waals surface area contributed by atoms with E-state index in [1.807, 2.05) is 6.92 Å². The summed E-state index contributed by atoms with van der Waals surface area (Å²) in [6.07, 6.45) is 0.502. The van der Waals surface area contributed by atoms with E-state index in [0.29, 0.717) is 12.8 Å². The molecule has 0 aromatic carbocycles. The SMILES string of the molecule is CC1(CCC(NC(=O)OC(C)(C)C)C(=O)OC(C)(C)C)NN1. The first-order chi connectivity index (χ1) is 9.80. The lowest BCUT2D eigenvalue weighted by molar-refractivity contribution is -0.157. The highest BCUT2D eigenvalue weighted by atomic mass is 16.6. The molecule has 1 rings (SSSR count). The lowest BCUT2D eigenvalue weighted by Crippen LogP contribution is -2.46. The number of amides is 1. The molecule has 0 aliphatic carbocycles. The number of ether oxygens (including phenoxy) is 2. The predicted octanol–water partition coefficient (Wildman–Crippen LogP) is 1.83. The molecule has 128 valence electrons. The topological polar surface area (TPSA) is 109 Å². The Hall–Kier alpha value is -1.34. The molecular formula is C15H29N3O4. The van der Waals surface area contributed by atoms with Gasteiger partial charge in [0.05, 0.1) is 5.66 Å². The molecule has 3 N–H and O–H groups in total. The second kappa shape index (κ2) is 6.42. The lowest BCUT2D eigenvalue weighted by atomic mass is 10.1. The molecule has 0 saturated carbocycles. The zero-order valence-electron chi connectivity index (χ0n) is 14.6. The maximum Gasteiger partial charge on any atom is 0.408 e. The average Bonchev–Trinajstić information content (AvgIpc) is 2.98. The van der Waals surface area contributed by atoms with Crippen LogP contribution in [0.1, 0.15) is 61.3 Å². The number of carbonyl (C=O) groups excluding carboxylic acids is 2. The highest BCUT2D eigenvalue weighted by molar-refractivity contribution is 5.81. The maximum atomic E-state index is 12.3. The number of hydrogen-bond acceptors (Lipinski definition) is 6. The Kier molecular flexibility index (Phi) is 5.46. The second-order valence-corrected chi connectivity index (χ2v) is 7.85. The van der Waals surface area contributed by atoms with Crippen LogP contribution in [-0.4, -0.2) is 35.0 Å². The van der Waals surface area contributed by atoms with E-state index in [2.05, 4.69) is 16.2 Å². The number of esters is 1. The Morgan fingerprint density at radius 1 is 1.05 bits per heavy atom. The molecule has 1 unspecified atom stereocenters. The number of carbonyl (C=O) groups is 2. The van der Waals surface area contributed by atoms with E-state index >= 15 is 0 Å². The summed E-state index contributed by atoms with van der Waals surface area (Å²) in [6, 6.07) is -0.741. The third-order valence-corrected chi connectivity index (χ3v) is 2.87. The fourth-order valence-corrected chi connectivity index (χ4v) is 1.74. The molecule has 0 radical (unpaired) electrons. The Balaban J connectivity index is 2.64. The Bertz CT molecular complexity index is 419. The molecule has 1 saturated heterocycles. The number of nitrogens with one attached hydrogen (secondary N) is 3. The van der Waals surface area contributed by atoms with Gasteiger partial charge in [-0.05, 0) is 61.3 Å². The molecule has 1 aliphatic heterocycles. The number of hydrogen-bond donors (Lipinski definition) is 3. The number of rotatable bonds is 5. The first kappa shape index (κ1) is 18.7. The Labute approximate surface area is 132 Å². The van der Waals surface area contributed by atoms with Crippen molar-refractivity contribution in [3.05, 3.63) is 0 Å². The van der Waals surface area contributed by atoms with Crippen LogP contribution < -0.4 is 16.2 Å². The van der Waals surface area contributed by atoms with Gasteiger partial charge in [-0.2, -0.15) is 0 Å². The van der Waals surface area contributed by atoms with Gasteiger partial charge in [0.25, 0.3) is 0 Å². The zero-order valence-corrected chi connectivity index (χ0v) is 14.6. The monoisotopic (exact) mass is 315 g/mol. The van der Waals surface area contributed by atoms with Gasteiger partial charge < -0.3 is 14.8 Å². The fourth-order valence-electron chi connectivity index (χ4n) is 1.74. The summed E-state index contributed by atoms with van der Waals surface area (Å²) < 4.78 is 10.6. The molecule has 0 spiro atoms. The van der Waals surface area contributed by atoms with Crippen molar-refractivity contribution in [1.29, 1.82) is 0 Å². The molecule has 1 aliphatic rings. The first-order valence-electron chi connectivity index (χ1n) is 7.56. The highest BCUT2D eigenvalue weighted by Crippen LogP contribution is 2.19. The van der Waals surface area contributed by atoms with Gasteiger partial charge >= 0.3 is 12.1 Å². The van der Waals surface area contributed by atoms with Crippen molar-refractivity contribution < 1.29 is 19.1 Å². The summed E-state index contributed by atoms with van der Waals surface area (Å²) in [5.74, 6) is -0.456. The molecule has 7 heteroatoms. The molecule has 1 heterocycles. The van der Waals surface area contributed by atoms with E-state index in [9.17, 15) is 9.59 Å². The molecule has 1 amide bonds. The van der Waals surface area contributed by atoms with Crippen LogP contribution in [0.25, 0.3) is 0 Å². The molecule has 7 nitrogen and oxygen atoms in total. The number of alkyl carbamates (subject to hydrolysis) is 1. The van der Waals surface area contributed by atoms with Crippen molar-refractivity contribution in [2.24, 2.45) is 0 Å². The third-order valence-electron chi connectivity index (χ3n) is 2.87. The second-order valence-electron chi connectivity index (χ2n) is 7.85. The van der Waals surface area contributed by atoms with E-state index in [1.54, 1.807) is 41.5 Å². The van der Waals surface area contributed by atoms with Gasteiger partial charge in [0.1, 0.15) is 17.2 Å². The van der Waals surface area contributed by atoms with Gasteiger partial charge in [0, 0.05) is 0 Å². The normalized spacial score (nSPS) is 18.3. The van der Waals surface area contributed by atoms with Crippen LogP contribution in [0.5, 0.6) is 0 Å². The van der Waals surface area contributed by atoms with Crippen molar-refractivity contribution in [2.75, 3.05) is 0 Å². The van der Waals surface area contributed by atoms with Crippen LogP contribution >= 0.6 is 0 Å². The van der Waals surface area contributed by atoms with Crippen LogP contribution in [0.4, 0.5) is 4.79 Å². The van der Waals surface area contributed by atoms with E-state index in [4.69, 9.17) is 9.47 Å².